The second kappa shape index (κ2) is 7.42. The molecule has 0 amide bonds. The molecule has 4 heteroatoms. The summed E-state index contributed by atoms with van der Waals surface area (Å²) in [6, 6.07) is 9.24. The smallest absolute Gasteiger partial charge is 0.303 e. The van der Waals surface area contributed by atoms with Gasteiger partial charge in [0.1, 0.15) is 0 Å². The normalized spacial score (nSPS) is 11.9. The highest BCUT2D eigenvalue weighted by molar-refractivity contribution is 5.67. The van der Waals surface area contributed by atoms with Gasteiger partial charge in [0.25, 0.3) is 0 Å². The van der Waals surface area contributed by atoms with Crippen LogP contribution >= 0.6 is 0 Å². The van der Waals surface area contributed by atoms with Crippen molar-refractivity contribution < 1.29 is 9.90 Å². The number of nitrogens with zero attached hydrogens (tertiary/aromatic N) is 1. The minimum atomic E-state index is -0.757. The summed E-state index contributed by atoms with van der Waals surface area (Å²) in [7, 11) is 0. The van der Waals surface area contributed by atoms with E-state index in [9.17, 15) is 4.79 Å². The number of rotatable bonds is 7. The van der Waals surface area contributed by atoms with E-state index in [1.54, 1.807) is 12.1 Å². The van der Waals surface area contributed by atoms with E-state index >= 15 is 0 Å². The summed E-state index contributed by atoms with van der Waals surface area (Å²) in [5, 5.41) is 20.8. The molecular formula is C15H20N2O2. The standard InChI is InChI=1S/C15H20N2O2/c1-11(2)7-13(8-15(18)19)10-17-14-5-3-12(9-16)4-6-14/h3-6,11,13,17H,7-8,10H2,1-2H3,(H,18,19). The molecule has 1 atom stereocenters. The summed E-state index contributed by atoms with van der Waals surface area (Å²) in [4.78, 5) is 10.8. The Kier molecular flexibility index (Phi) is 5.87. The lowest BCUT2D eigenvalue weighted by molar-refractivity contribution is -0.138. The van der Waals surface area contributed by atoms with E-state index in [1.807, 2.05) is 12.1 Å². The Morgan fingerprint density at radius 2 is 2.00 bits per heavy atom. The zero-order valence-electron chi connectivity index (χ0n) is 11.4. The Hall–Kier alpha value is -2.02. The molecule has 0 spiro atoms. The lowest BCUT2D eigenvalue weighted by atomic mass is 9.94. The first-order valence-electron chi connectivity index (χ1n) is 6.47. The molecule has 0 saturated carbocycles. The zero-order chi connectivity index (χ0) is 14.3. The van der Waals surface area contributed by atoms with Crippen LogP contribution in [0.3, 0.4) is 0 Å². The van der Waals surface area contributed by atoms with Gasteiger partial charge in [0, 0.05) is 18.7 Å². The van der Waals surface area contributed by atoms with E-state index in [0.717, 1.165) is 12.1 Å². The highest BCUT2D eigenvalue weighted by Gasteiger charge is 2.14. The fourth-order valence-corrected chi connectivity index (χ4v) is 2.08. The number of hydrogen-bond acceptors (Lipinski definition) is 3. The minimum absolute atomic E-state index is 0.119. The van der Waals surface area contributed by atoms with Gasteiger partial charge in [-0.05, 0) is 42.5 Å². The first-order chi connectivity index (χ1) is 9.01. The molecule has 19 heavy (non-hydrogen) atoms. The van der Waals surface area contributed by atoms with Gasteiger partial charge in [-0.1, -0.05) is 13.8 Å². The SMILES string of the molecule is CC(C)CC(CNc1ccc(C#N)cc1)CC(=O)O. The molecule has 1 unspecified atom stereocenters. The van der Waals surface area contributed by atoms with E-state index in [4.69, 9.17) is 10.4 Å². The van der Waals surface area contributed by atoms with Crippen LogP contribution in [0.15, 0.2) is 24.3 Å². The van der Waals surface area contributed by atoms with Crippen LogP contribution in [0.4, 0.5) is 5.69 Å². The molecule has 0 radical (unpaired) electrons. The summed E-state index contributed by atoms with van der Waals surface area (Å²) < 4.78 is 0. The lowest BCUT2D eigenvalue weighted by Gasteiger charge is -2.18. The van der Waals surface area contributed by atoms with Gasteiger partial charge < -0.3 is 10.4 Å². The number of nitrogens with one attached hydrogen (secondary N) is 1. The van der Waals surface area contributed by atoms with Crippen LogP contribution in [-0.4, -0.2) is 17.6 Å². The maximum absolute atomic E-state index is 10.8. The van der Waals surface area contributed by atoms with Gasteiger partial charge in [0.2, 0.25) is 0 Å². The van der Waals surface area contributed by atoms with Gasteiger partial charge >= 0.3 is 5.97 Å². The number of anilines is 1. The van der Waals surface area contributed by atoms with Crippen molar-refractivity contribution in [3.05, 3.63) is 29.8 Å². The first-order valence-corrected chi connectivity index (χ1v) is 6.47. The van der Waals surface area contributed by atoms with E-state index in [1.165, 1.54) is 0 Å². The molecule has 0 heterocycles. The second-order valence-corrected chi connectivity index (χ2v) is 5.16. The van der Waals surface area contributed by atoms with Crippen LogP contribution in [0.5, 0.6) is 0 Å². The van der Waals surface area contributed by atoms with Gasteiger partial charge in [-0.25, -0.2) is 0 Å². The second-order valence-electron chi connectivity index (χ2n) is 5.16. The summed E-state index contributed by atoms with van der Waals surface area (Å²) in [6.07, 6.45) is 1.07. The third-order valence-electron chi connectivity index (χ3n) is 2.88. The minimum Gasteiger partial charge on any atom is -0.481 e. The maximum Gasteiger partial charge on any atom is 0.303 e. The molecule has 102 valence electrons. The molecule has 0 bridgehead atoms. The number of nitriles is 1. The number of benzene rings is 1. The Balaban J connectivity index is 2.54. The van der Waals surface area contributed by atoms with E-state index in [-0.39, 0.29) is 12.3 Å². The van der Waals surface area contributed by atoms with Gasteiger partial charge in [-0.2, -0.15) is 5.26 Å². The van der Waals surface area contributed by atoms with Crippen LogP contribution in [0.1, 0.15) is 32.3 Å². The molecule has 1 aromatic rings. The average Bonchev–Trinajstić information content (AvgIpc) is 2.35. The Morgan fingerprint density at radius 3 is 2.47 bits per heavy atom. The monoisotopic (exact) mass is 260 g/mol. The fraction of sp³-hybridized carbons (Fsp3) is 0.467. The Labute approximate surface area is 114 Å². The van der Waals surface area contributed by atoms with Crippen LogP contribution in [0.2, 0.25) is 0 Å². The van der Waals surface area contributed by atoms with Crippen molar-refractivity contribution in [2.24, 2.45) is 11.8 Å². The van der Waals surface area contributed by atoms with Crippen LogP contribution < -0.4 is 5.32 Å². The predicted octanol–water partition coefficient (Wildman–Crippen LogP) is 3.11. The molecule has 0 saturated heterocycles. The molecule has 0 aliphatic heterocycles. The molecule has 1 aromatic carbocycles. The Morgan fingerprint density at radius 1 is 1.37 bits per heavy atom. The molecule has 0 aromatic heterocycles. The van der Waals surface area contributed by atoms with Crippen molar-refractivity contribution >= 4 is 11.7 Å². The average molecular weight is 260 g/mol. The molecule has 0 aliphatic rings. The summed E-state index contributed by atoms with van der Waals surface area (Å²) >= 11 is 0. The van der Waals surface area contributed by atoms with Crippen LogP contribution in [0, 0.1) is 23.2 Å². The summed E-state index contributed by atoms with van der Waals surface area (Å²) in [5.74, 6) is -0.160. The highest BCUT2D eigenvalue weighted by Crippen LogP contribution is 2.17. The number of hydrogen-bond donors (Lipinski definition) is 2. The van der Waals surface area contributed by atoms with Gasteiger partial charge in [-0.3, -0.25) is 4.79 Å². The predicted molar refractivity (Wildman–Crippen MR) is 74.8 cm³/mol. The van der Waals surface area contributed by atoms with Crippen molar-refractivity contribution in [2.75, 3.05) is 11.9 Å². The van der Waals surface area contributed by atoms with E-state index in [0.29, 0.717) is 18.0 Å². The molecule has 0 aliphatic carbocycles. The third-order valence-corrected chi connectivity index (χ3v) is 2.88. The number of carboxylic acid groups (broad SMARTS) is 1. The fourth-order valence-electron chi connectivity index (χ4n) is 2.08. The van der Waals surface area contributed by atoms with Crippen molar-refractivity contribution in [3.8, 4) is 6.07 Å². The van der Waals surface area contributed by atoms with Gasteiger partial charge in [-0.15, -0.1) is 0 Å². The third kappa shape index (κ3) is 5.91. The lowest BCUT2D eigenvalue weighted by Crippen LogP contribution is -2.19. The molecule has 2 N–H and O–H groups in total. The van der Waals surface area contributed by atoms with Crippen molar-refractivity contribution in [1.29, 1.82) is 5.26 Å². The highest BCUT2D eigenvalue weighted by atomic mass is 16.4. The molecule has 0 fully saturated rings. The van der Waals surface area contributed by atoms with Crippen LogP contribution in [0.25, 0.3) is 0 Å². The quantitative estimate of drug-likeness (QED) is 0.790. The number of carboxylic acids is 1. The first kappa shape index (κ1) is 15.0. The summed E-state index contributed by atoms with van der Waals surface area (Å²) in [6.45, 7) is 4.82. The zero-order valence-corrected chi connectivity index (χ0v) is 11.4. The number of aliphatic carboxylic acids is 1. The van der Waals surface area contributed by atoms with Crippen molar-refractivity contribution in [3.63, 3.8) is 0 Å². The van der Waals surface area contributed by atoms with Gasteiger partial charge in [0.05, 0.1) is 11.6 Å². The molecular weight excluding hydrogens is 240 g/mol. The number of carbonyl (C=O) groups is 1. The molecule has 1 rings (SSSR count). The topological polar surface area (TPSA) is 73.1 Å². The van der Waals surface area contributed by atoms with Crippen molar-refractivity contribution in [2.45, 2.75) is 26.7 Å². The molecule has 4 nitrogen and oxygen atoms in total. The van der Waals surface area contributed by atoms with Crippen molar-refractivity contribution in [1.82, 2.24) is 0 Å². The largest absolute Gasteiger partial charge is 0.481 e. The van der Waals surface area contributed by atoms with Crippen LogP contribution in [-0.2, 0) is 4.79 Å². The van der Waals surface area contributed by atoms with Gasteiger partial charge in [0.15, 0.2) is 0 Å². The van der Waals surface area contributed by atoms with E-state index < -0.39 is 5.97 Å². The maximum atomic E-state index is 10.8. The summed E-state index contributed by atoms with van der Waals surface area (Å²) in [5.41, 5.74) is 1.54. The van der Waals surface area contributed by atoms with E-state index in [2.05, 4.69) is 25.2 Å². The Bertz CT molecular complexity index is 446.